The van der Waals surface area contributed by atoms with Gasteiger partial charge in [-0.05, 0) is 24.7 Å². The van der Waals surface area contributed by atoms with Gasteiger partial charge in [-0.3, -0.25) is 28.9 Å². The second-order valence-corrected chi connectivity index (χ2v) is 11.0. The molecule has 0 spiro atoms. The Labute approximate surface area is 224 Å². The second-order valence-electron chi connectivity index (χ2n) is 11.0. The molecule has 0 heterocycles. The Morgan fingerprint density at radius 2 is 1.27 bits per heavy atom. The van der Waals surface area contributed by atoms with E-state index in [1.807, 2.05) is 27.7 Å². The maximum Gasteiger partial charge on any atom is 0.251 e. The molecule has 9 heteroatoms. The normalized spacial score (nSPS) is 12.7. The number of amides is 5. The minimum atomic E-state index is -0.841. The predicted octanol–water partition coefficient (Wildman–Crippen LogP) is 3.56. The van der Waals surface area contributed by atoms with Crippen LogP contribution in [0, 0.1) is 11.8 Å². The van der Waals surface area contributed by atoms with Gasteiger partial charge in [0.1, 0.15) is 12.1 Å². The highest BCUT2D eigenvalue weighted by molar-refractivity contribution is 5.95. The third kappa shape index (κ3) is 12.1. The van der Waals surface area contributed by atoms with Gasteiger partial charge in [-0.15, -0.1) is 0 Å². The molecular weight excluding hydrogens is 472 g/mol. The average Bonchev–Trinajstić information content (AvgIpc) is 2.84. The van der Waals surface area contributed by atoms with Crippen molar-refractivity contribution < 1.29 is 24.0 Å². The Kier molecular flexibility index (Phi) is 16.7. The largest absolute Gasteiger partial charge is 0.336 e. The molecule has 0 aliphatic heterocycles. The highest BCUT2D eigenvalue weighted by Crippen LogP contribution is 2.19. The monoisotopic (exact) mass is 524 g/mol. The van der Waals surface area contributed by atoms with Crippen molar-refractivity contribution in [2.24, 2.45) is 11.8 Å². The molecule has 37 heavy (non-hydrogen) atoms. The smallest absolute Gasteiger partial charge is 0.251 e. The first-order valence-corrected chi connectivity index (χ1v) is 13.8. The molecule has 5 amide bonds. The van der Waals surface area contributed by atoms with Gasteiger partial charge in [0.05, 0.1) is 6.54 Å². The maximum absolute atomic E-state index is 13.6. The standard InChI is InChI=1S/C28H52N4O5/c1-10-11-12-13-14-15-16-17-24(34)29(6)19-25(35)31(8)23(18-21(2)3)27(36)32(9)26(22(4)5)28(37)30(7)20-33/h20-23,26H,10-19H2,1-9H3/t23-,26-/m0/s1. The molecule has 0 unspecified atom stereocenters. The molecule has 0 aromatic rings. The number of rotatable bonds is 18. The molecule has 0 aromatic heterocycles. The van der Waals surface area contributed by atoms with E-state index in [0.717, 1.165) is 24.2 Å². The lowest BCUT2D eigenvalue weighted by molar-refractivity contribution is -0.153. The molecule has 0 fully saturated rings. The molecule has 2 atom stereocenters. The number of nitrogens with zero attached hydrogens (tertiary/aromatic N) is 4. The van der Waals surface area contributed by atoms with E-state index in [1.54, 1.807) is 14.1 Å². The Morgan fingerprint density at radius 1 is 0.730 bits per heavy atom. The van der Waals surface area contributed by atoms with Gasteiger partial charge in [0.2, 0.25) is 24.1 Å². The van der Waals surface area contributed by atoms with Gasteiger partial charge in [-0.1, -0.05) is 73.1 Å². The summed E-state index contributed by atoms with van der Waals surface area (Å²) in [4.78, 5) is 68.3. The number of carbonyl (C=O) groups is 5. The van der Waals surface area contributed by atoms with Crippen LogP contribution in [-0.4, -0.2) is 96.5 Å². The molecule has 0 aromatic carbocycles. The van der Waals surface area contributed by atoms with Crippen LogP contribution in [0.5, 0.6) is 0 Å². The van der Waals surface area contributed by atoms with E-state index in [-0.39, 0.29) is 36.1 Å². The average molecular weight is 525 g/mol. The van der Waals surface area contributed by atoms with Crippen molar-refractivity contribution in [1.82, 2.24) is 19.6 Å². The lowest BCUT2D eigenvalue weighted by Gasteiger charge is -2.37. The van der Waals surface area contributed by atoms with Gasteiger partial charge in [0, 0.05) is 34.6 Å². The third-order valence-corrected chi connectivity index (χ3v) is 6.79. The third-order valence-electron chi connectivity index (χ3n) is 6.79. The summed E-state index contributed by atoms with van der Waals surface area (Å²) < 4.78 is 0. The molecule has 0 radical (unpaired) electrons. The Hall–Kier alpha value is -2.45. The van der Waals surface area contributed by atoms with Crippen LogP contribution in [0.4, 0.5) is 0 Å². The minimum Gasteiger partial charge on any atom is -0.336 e. The summed E-state index contributed by atoms with van der Waals surface area (Å²) in [7, 11) is 6.08. The molecule has 0 saturated heterocycles. The highest BCUT2D eigenvalue weighted by Gasteiger charge is 2.37. The summed E-state index contributed by atoms with van der Waals surface area (Å²) in [5, 5.41) is 0. The molecule has 0 N–H and O–H groups in total. The van der Waals surface area contributed by atoms with E-state index in [0.29, 0.717) is 19.3 Å². The SMILES string of the molecule is CCCCCCCCCC(=O)N(C)CC(=O)N(C)[C@@H](CC(C)C)C(=O)N(C)[C@H](C(=O)N(C)C=O)C(C)C. The quantitative estimate of drug-likeness (QED) is 0.202. The molecular formula is C28H52N4O5. The fourth-order valence-corrected chi connectivity index (χ4v) is 4.40. The van der Waals surface area contributed by atoms with Gasteiger partial charge in [-0.2, -0.15) is 0 Å². The van der Waals surface area contributed by atoms with Crippen LogP contribution < -0.4 is 0 Å². The number of imide groups is 1. The molecule has 9 nitrogen and oxygen atoms in total. The van der Waals surface area contributed by atoms with Crippen molar-refractivity contribution in [3.63, 3.8) is 0 Å². The van der Waals surface area contributed by atoms with Crippen molar-refractivity contribution in [2.45, 2.75) is 104 Å². The van der Waals surface area contributed by atoms with Crippen molar-refractivity contribution >= 4 is 30.0 Å². The highest BCUT2D eigenvalue weighted by atomic mass is 16.2. The number of hydrogen-bond donors (Lipinski definition) is 0. The molecule has 0 aliphatic carbocycles. The molecule has 0 saturated carbocycles. The van der Waals surface area contributed by atoms with Crippen molar-refractivity contribution in [3.05, 3.63) is 0 Å². The summed E-state index contributed by atoms with van der Waals surface area (Å²) in [5.74, 6) is -1.39. The number of unbranched alkanes of at least 4 members (excludes halogenated alkanes) is 6. The second kappa shape index (κ2) is 17.9. The van der Waals surface area contributed by atoms with Crippen LogP contribution >= 0.6 is 0 Å². The molecule has 0 bridgehead atoms. The Morgan fingerprint density at radius 3 is 1.76 bits per heavy atom. The number of likely N-dealkylation sites (N-methyl/N-ethyl adjacent to an activating group) is 4. The fourth-order valence-electron chi connectivity index (χ4n) is 4.40. The van der Waals surface area contributed by atoms with Gasteiger partial charge in [-0.25, -0.2) is 0 Å². The van der Waals surface area contributed by atoms with E-state index >= 15 is 0 Å². The summed E-state index contributed by atoms with van der Waals surface area (Å²) in [6.45, 7) is 9.61. The topological polar surface area (TPSA) is 98.3 Å². The van der Waals surface area contributed by atoms with E-state index in [1.165, 1.54) is 54.5 Å². The fraction of sp³-hybridized carbons (Fsp3) is 0.821. The summed E-state index contributed by atoms with van der Waals surface area (Å²) in [6.07, 6.45) is 9.04. The lowest BCUT2D eigenvalue weighted by Crippen LogP contribution is -2.57. The minimum absolute atomic E-state index is 0.0819. The van der Waals surface area contributed by atoms with Crippen molar-refractivity contribution in [3.8, 4) is 0 Å². The van der Waals surface area contributed by atoms with Crippen LogP contribution in [0.15, 0.2) is 0 Å². The Bertz CT molecular complexity index is 740. The predicted molar refractivity (Wildman–Crippen MR) is 146 cm³/mol. The van der Waals surface area contributed by atoms with E-state index in [2.05, 4.69) is 6.92 Å². The van der Waals surface area contributed by atoms with Gasteiger partial charge in [0.25, 0.3) is 5.91 Å². The zero-order valence-corrected chi connectivity index (χ0v) is 24.8. The first-order chi connectivity index (χ1) is 17.3. The molecule has 214 valence electrons. The molecule has 0 aliphatic rings. The van der Waals surface area contributed by atoms with Crippen LogP contribution in [0.1, 0.15) is 92.4 Å². The van der Waals surface area contributed by atoms with E-state index in [9.17, 15) is 24.0 Å². The van der Waals surface area contributed by atoms with E-state index < -0.39 is 18.0 Å². The van der Waals surface area contributed by atoms with Crippen molar-refractivity contribution in [2.75, 3.05) is 34.7 Å². The van der Waals surface area contributed by atoms with Crippen molar-refractivity contribution in [1.29, 1.82) is 0 Å². The van der Waals surface area contributed by atoms with E-state index in [4.69, 9.17) is 0 Å². The zero-order chi connectivity index (χ0) is 28.7. The lowest BCUT2D eigenvalue weighted by atomic mass is 9.97. The maximum atomic E-state index is 13.6. The van der Waals surface area contributed by atoms with Gasteiger partial charge in [0.15, 0.2) is 0 Å². The van der Waals surface area contributed by atoms with Crippen LogP contribution in [0.3, 0.4) is 0 Å². The summed E-state index contributed by atoms with van der Waals surface area (Å²) in [6, 6.07) is -1.63. The van der Waals surface area contributed by atoms with Crippen LogP contribution in [0.2, 0.25) is 0 Å². The zero-order valence-electron chi connectivity index (χ0n) is 24.8. The van der Waals surface area contributed by atoms with Gasteiger partial charge >= 0.3 is 0 Å². The van der Waals surface area contributed by atoms with Gasteiger partial charge < -0.3 is 14.7 Å². The first kappa shape index (κ1) is 34.6. The Balaban J connectivity index is 5.27. The number of hydrogen-bond acceptors (Lipinski definition) is 5. The summed E-state index contributed by atoms with van der Waals surface area (Å²) in [5.41, 5.74) is 0. The first-order valence-electron chi connectivity index (χ1n) is 13.8. The van der Waals surface area contributed by atoms with Crippen LogP contribution in [-0.2, 0) is 24.0 Å². The summed E-state index contributed by atoms with van der Waals surface area (Å²) >= 11 is 0. The number of carbonyl (C=O) groups excluding carboxylic acids is 5. The van der Waals surface area contributed by atoms with Crippen LogP contribution in [0.25, 0.3) is 0 Å². The molecule has 0 rings (SSSR count).